The van der Waals surface area contributed by atoms with Crippen molar-refractivity contribution < 1.29 is 28.1 Å². The fourth-order valence-corrected chi connectivity index (χ4v) is 5.10. The van der Waals surface area contributed by atoms with Crippen LogP contribution in [0.25, 0.3) is 0 Å². The lowest BCUT2D eigenvalue weighted by Gasteiger charge is -2.39. The molecule has 1 aromatic heterocycles. The van der Waals surface area contributed by atoms with Crippen LogP contribution >= 0.6 is 0 Å². The van der Waals surface area contributed by atoms with Gasteiger partial charge < -0.3 is 4.74 Å². The highest BCUT2D eigenvalue weighted by Crippen LogP contribution is 2.50. The van der Waals surface area contributed by atoms with Gasteiger partial charge in [0.2, 0.25) is 6.04 Å². The van der Waals surface area contributed by atoms with E-state index in [0.717, 1.165) is 18.2 Å². The summed E-state index contributed by atoms with van der Waals surface area (Å²) in [6.07, 6.45) is 2.20. The number of benzene rings is 1. The van der Waals surface area contributed by atoms with Gasteiger partial charge in [-0.2, -0.15) is 5.10 Å². The number of hydrazone groups is 1. The molecule has 5 rings (SSSR count). The van der Waals surface area contributed by atoms with Crippen molar-refractivity contribution in [2.45, 2.75) is 44.2 Å². The Hall–Kier alpha value is -4.62. The zero-order chi connectivity index (χ0) is 28.2. The molecule has 3 aliphatic rings. The molecule has 14 heteroatoms. The summed E-state index contributed by atoms with van der Waals surface area (Å²) in [6, 6.07) is 3.36. The number of esters is 1. The van der Waals surface area contributed by atoms with Gasteiger partial charge in [0.25, 0.3) is 0 Å². The normalized spacial score (nSPS) is 22.9. The van der Waals surface area contributed by atoms with E-state index in [1.807, 2.05) is 0 Å². The molecule has 0 N–H and O–H groups in total. The van der Waals surface area contributed by atoms with Crippen molar-refractivity contribution in [1.29, 1.82) is 0 Å². The Balaban J connectivity index is 1.87. The molecule has 2 aliphatic heterocycles. The summed E-state index contributed by atoms with van der Waals surface area (Å²) in [7, 11) is 1.57. The van der Waals surface area contributed by atoms with Gasteiger partial charge in [-0.25, -0.2) is 14.2 Å². The SMILES string of the molecule is Cn1ncnc1C1C2=NCC(=O)C=C3C2=C(C(C(=O)OC(C)(C)C)=NN3F)C([N+](=O)[O-])C1c1ccc(F)cc1. The average Bonchev–Trinajstić information content (AvgIpc) is 3.18. The van der Waals surface area contributed by atoms with Gasteiger partial charge in [-0.1, -0.05) is 21.8 Å². The quantitative estimate of drug-likeness (QED) is 0.249. The minimum atomic E-state index is -1.72. The van der Waals surface area contributed by atoms with E-state index in [9.17, 15) is 24.1 Å². The lowest BCUT2D eigenvalue weighted by Crippen LogP contribution is -2.49. The Morgan fingerprint density at radius 1 is 1.23 bits per heavy atom. The van der Waals surface area contributed by atoms with Crippen molar-refractivity contribution in [3.05, 3.63) is 80.8 Å². The number of carbonyl (C=O) groups excluding carboxylic acids is 2. The molecule has 202 valence electrons. The predicted octanol–water partition coefficient (Wildman–Crippen LogP) is 2.58. The van der Waals surface area contributed by atoms with Crippen molar-refractivity contribution in [2.24, 2.45) is 17.1 Å². The number of aromatic nitrogens is 3. The molecule has 0 saturated heterocycles. The molecule has 3 atom stereocenters. The third kappa shape index (κ3) is 4.51. The van der Waals surface area contributed by atoms with E-state index < -0.39 is 63.9 Å². The van der Waals surface area contributed by atoms with Crippen molar-refractivity contribution in [2.75, 3.05) is 6.54 Å². The molecule has 12 nitrogen and oxygen atoms in total. The molecule has 3 heterocycles. The van der Waals surface area contributed by atoms with Crippen LogP contribution < -0.4 is 0 Å². The third-order valence-corrected chi connectivity index (χ3v) is 6.51. The number of hydrogen-bond donors (Lipinski definition) is 0. The minimum absolute atomic E-state index is 0.0873. The monoisotopic (exact) mass is 539 g/mol. The lowest BCUT2D eigenvalue weighted by molar-refractivity contribution is -0.516. The standard InChI is InChI=1S/C25H23F2N7O5/c1-25(2,3)39-24(36)21-18-17-15(33(27)31-21)9-14(35)10-28-20(17)19(23-29-11-30-32(23)4)16(22(18)34(37)38)12-5-7-13(26)8-6-12/h5-9,11,16,19,22H,10H2,1-4H3. The summed E-state index contributed by atoms with van der Waals surface area (Å²) in [4.78, 5) is 46.9. The summed E-state index contributed by atoms with van der Waals surface area (Å²) in [5.74, 6) is -4.16. The van der Waals surface area contributed by atoms with Gasteiger partial charge in [0.15, 0.2) is 11.5 Å². The van der Waals surface area contributed by atoms with Crippen LogP contribution in [-0.4, -0.2) is 66.3 Å². The first-order valence-electron chi connectivity index (χ1n) is 11.9. The topological polar surface area (TPSA) is 145 Å². The first-order valence-corrected chi connectivity index (χ1v) is 11.9. The van der Waals surface area contributed by atoms with Gasteiger partial charge in [0, 0.05) is 23.6 Å². The van der Waals surface area contributed by atoms with Crippen molar-refractivity contribution >= 4 is 23.2 Å². The molecular weight excluding hydrogens is 516 g/mol. The Kier molecular flexibility index (Phi) is 6.19. The third-order valence-electron chi connectivity index (χ3n) is 6.51. The van der Waals surface area contributed by atoms with Crippen LogP contribution in [-0.2, 0) is 21.4 Å². The highest BCUT2D eigenvalue weighted by atomic mass is 19.2. The summed E-state index contributed by atoms with van der Waals surface area (Å²) >= 11 is 0. The molecule has 0 spiro atoms. The second-order valence-electron chi connectivity index (χ2n) is 10.2. The number of carbonyl (C=O) groups is 2. The van der Waals surface area contributed by atoms with Crippen molar-refractivity contribution in [3.63, 3.8) is 0 Å². The summed E-state index contributed by atoms with van der Waals surface area (Å²) in [5, 5.41) is 20.5. The molecule has 3 unspecified atom stereocenters. The highest BCUT2D eigenvalue weighted by molar-refractivity contribution is 6.45. The first kappa shape index (κ1) is 26.0. The van der Waals surface area contributed by atoms with Gasteiger partial charge >= 0.3 is 5.97 Å². The summed E-state index contributed by atoms with van der Waals surface area (Å²) in [5.41, 5.74) is -2.02. The lowest BCUT2D eigenvalue weighted by atomic mass is 9.66. The maximum absolute atomic E-state index is 15.4. The maximum atomic E-state index is 15.4. The second-order valence-corrected chi connectivity index (χ2v) is 10.2. The van der Waals surface area contributed by atoms with Gasteiger partial charge in [-0.3, -0.25) is 24.6 Å². The van der Waals surface area contributed by atoms with E-state index >= 15 is 4.48 Å². The first-order chi connectivity index (χ1) is 18.4. The summed E-state index contributed by atoms with van der Waals surface area (Å²) in [6.45, 7) is 4.36. The maximum Gasteiger partial charge on any atom is 0.359 e. The van der Waals surface area contributed by atoms with Crippen LogP contribution in [0.15, 0.2) is 63.6 Å². The number of ether oxygens (including phenoxy) is 1. The molecule has 0 bridgehead atoms. The van der Waals surface area contributed by atoms with Crippen LogP contribution in [0.3, 0.4) is 0 Å². The number of nitrogens with zero attached hydrogens (tertiary/aromatic N) is 7. The molecule has 0 saturated carbocycles. The fraction of sp³-hybridized carbons (Fsp3) is 0.360. The molecule has 1 aromatic carbocycles. The van der Waals surface area contributed by atoms with Crippen LogP contribution in [0.1, 0.15) is 44.0 Å². The van der Waals surface area contributed by atoms with Crippen LogP contribution in [0.5, 0.6) is 0 Å². The van der Waals surface area contributed by atoms with Gasteiger partial charge in [0.05, 0.1) is 23.1 Å². The molecular formula is C25H23F2N7O5. The van der Waals surface area contributed by atoms with Crippen molar-refractivity contribution in [1.82, 2.24) is 20.0 Å². The number of halogens is 2. The Labute approximate surface area is 220 Å². The van der Waals surface area contributed by atoms with E-state index in [0.29, 0.717) is 5.56 Å². The van der Waals surface area contributed by atoms with Crippen LogP contribution in [0, 0.1) is 15.9 Å². The zero-order valence-corrected chi connectivity index (χ0v) is 21.3. The number of nitro groups is 1. The Morgan fingerprint density at radius 3 is 2.51 bits per heavy atom. The number of allylic oxidation sites excluding steroid dienone is 1. The second kappa shape index (κ2) is 9.29. The van der Waals surface area contributed by atoms with E-state index in [4.69, 9.17) is 4.74 Å². The highest BCUT2D eigenvalue weighted by Gasteiger charge is 2.57. The van der Waals surface area contributed by atoms with Gasteiger partial charge in [-0.05, 0) is 38.5 Å². The molecule has 39 heavy (non-hydrogen) atoms. The fourth-order valence-electron chi connectivity index (χ4n) is 5.10. The van der Waals surface area contributed by atoms with Crippen molar-refractivity contribution in [3.8, 4) is 0 Å². The van der Waals surface area contributed by atoms with E-state index in [-0.39, 0.29) is 27.9 Å². The van der Waals surface area contributed by atoms with E-state index in [1.165, 1.54) is 23.1 Å². The Morgan fingerprint density at radius 2 is 1.92 bits per heavy atom. The number of aliphatic imine (C=N–C) groups is 1. The predicted molar refractivity (Wildman–Crippen MR) is 132 cm³/mol. The Bertz CT molecular complexity index is 1520. The largest absolute Gasteiger partial charge is 0.455 e. The van der Waals surface area contributed by atoms with Crippen LogP contribution in [0.4, 0.5) is 8.87 Å². The smallest absolute Gasteiger partial charge is 0.359 e. The zero-order valence-electron chi connectivity index (χ0n) is 21.3. The van der Waals surface area contributed by atoms with E-state index in [2.05, 4.69) is 20.2 Å². The molecule has 0 radical (unpaired) electrons. The van der Waals surface area contributed by atoms with Crippen LogP contribution in [0.2, 0.25) is 0 Å². The molecule has 0 fully saturated rings. The van der Waals surface area contributed by atoms with Gasteiger partial charge in [0.1, 0.15) is 35.8 Å². The van der Waals surface area contributed by atoms with E-state index in [1.54, 1.807) is 27.8 Å². The summed E-state index contributed by atoms with van der Waals surface area (Å²) < 4.78 is 36.2. The average molecular weight is 539 g/mol. The van der Waals surface area contributed by atoms with Gasteiger partial charge in [-0.15, -0.1) is 5.10 Å². The molecule has 0 amide bonds. The number of hydrogen-bond acceptors (Lipinski definition) is 10. The number of aryl methyl sites for hydroxylation is 1. The number of rotatable bonds is 4. The minimum Gasteiger partial charge on any atom is -0.455 e. The number of ketones is 1. The molecule has 2 aromatic rings. The molecule has 1 aliphatic carbocycles.